The summed E-state index contributed by atoms with van der Waals surface area (Å²) in [6, 6.07) is 12.3. The van der Waals surface area contributed by atoms with Crippen molar-refractivity contribution in [3.05, 3.63) is 57.5 Å². The van der Waals surface area contributed by atoms with Gasteiger partial charge < -0.3 is 14.8 Å². The summed E-state index contributed by atoms with van der Waals surface area (Å²) in [7, 11) is 0. The molecule has 2 rings (SSSR count). The van der Waals surface area contributed by atoms with Crippen LogP contribution in [0.2, 0.25) is 5.02 Å². The Labute approximate surface area is 153 Å². The second-order valence-corrected chi connectivity index (χ2v) is 6.26. The van der Waals surface area contributed by atoms with Gasteiger partial charge in [0.05, 0.1) is 5.02 Å². The molecule has 24 heavy (non-hydrogen) atoms. The fourth-order valence-electron chi connectivity index (χ4n) is 1.84. The molecule has 7 heteroatoms. The van der Waals surface area contributed by atoms with Gasteiger partial charge in [0.2, 0.25) is 0 Å². The van der Waals surface area contributed by atoms with Gasteiger partial charge in [-0.3, -0.25) is 4.79 Å². The molecule has 0 atom stereocenters. The van der Waals surface area contributed by atoms with Gasteiger partial charge in [0.25, 0.3) is 5.91 Å². The van der Waals surface area contributed by atoms with Crippen molar-refractivity contribution in [3.8, 4) is 5.75 Å². The molecule has 126 valence electrons. The lowest BCUT2D eigenvalue weighted by Gasteiger charge is -2.09. The van der Waals surface area contributed by atoms with Gasteiger partial charge in [0, 0.05) is 10.2 Å². The minimum absolute atomic E-state index is 0.334. The molecule has 2 aromatic carbocycles. The predicted molar refractivity (Wildman–Crippen MR) is 95.4 cm³/mol. The topological polar surface area (TPSA) is 64.6 Å². The van der Waals surface area contributed by atoms with E-state index in [4.69, 9.17) is 21.1 Å². The van der Waals surface area contributed by atoms with Gasteiger partial charge in [0.1, 0.15) is 5.75 Å². The van der Waals surface area contributed by atoms with Gasteiger partial charge in [-0.1, -0.05) is 39.7 Å². The maximum absolute atomic E-state index is 11.7. The minimum Gasteiger partial charge on any atom is -0.480 e. The molecular formula is C17H15BrClNO4. The number of rotatable bonds is 6. The number of ether oxygens (including phenoxy) is 2. The summed E-state index contributed by atoms with van der Waals surface area (Å²) in [4.78, 5) is 23.4. The average Bonchev–Trinajstić information content (AvgIpc) is 2.52. The quantitative estimate of drug-likeness (QED) is 0.729. The van der Waals surface area contributed by atoms with Crippen LogP contribution in [0.1, 0.15) is 5.56 Å². The Kier molecular flexibility index (Phi) is 6.63. The van der Waals surface area contributed by atoms with E-state index in [2.05, 4.69) is 21.2 Å². The number of carbonyl (C=O) groups excluding carboxylic acids is 2. The first-order valence-electron chi connectivity index (χ1n) is 7.04. The summed E-state index contributed by atoms with van der Waals surface area (Å²) in [5.74, 6) is -0.718. The summed E-state index contributed by atoms with van der Waals surface area (Å²) in [5, 5.41) is 3.01. The lowest BCUT2D eigenvalue weighted by Crippen LogP contribution is -2.23. The van der Waals surface area contributed by atoms with Crippen molar-refractivity contribution in [2.45, 2.75) is 6.92 Å². The number of hydrogen-bond acceptors (Lipinski definition) is 4. The van der Waals surface area contributed by atoms with Crippen molar-refractivity contribution < 1.29 is 19.1 Å². The Morgan fingerprint density at radius 1 is 1.17 bits per heavy atom. The first-order chi connectivity index (χ1) is 11.4. The predicted octanol–water partition coefficient (Wildman–Crippen LogP) is 3.97. The van der Waals surface area contributed by atoms with Crippen LogP contribution in [-0.4, -0.2) is 25.1 Å². The lowest BCUT2D eigenvalue weighted by molar-refractivity contribution is -0.149. The highest BCUT2D eigenvalue weighted by atomic mass is 79.9. The molecule has 1 amide bonds. The summed E-state index contributed by atoms with van der Waals surface area (Å²) < 4.78 is 10.9. The van der Waals surface area contributed by atoms with Gasteiger partial charge in [-0.25, -0.2) is 4.79 Å². The van der Waals surface area contributed by atoms with Crippen LogP contribution < -0.4 is 10.1 Å². The van der Waals surface area contributed by atoms with Crippen LogP contribution in [0.15, 0.2) is 46.9 Å². The van der Waals surface area contributed by atoms with Crippen LogP contribution in [0.25, 0.3) is 0 Å². The summed E-state index contributed by atoms with van der Waals surface area (Å²) in [5.41, 5.74) is 1.67. The summed E-state index contributed by atoms with van der Waals surface area (Å²) >= 11 is 9.24. The molecule has 0 fully saturated rings. The van der Waals surface area contributed by atoms with Gasteiger partial charge in [0.15, 0.2) is 13.2 Å². The Bertz CT molecular complexity index is 751. The number of amides is 1. The molecule has 0 aliphatic rings. The van der Waals surface area contributed by atoms with E-state index in [1.54, 1.807) is 24.3 Å². The van der Waals surface area contributed by atoms with E-state index >= 15 is 0 Å². The number of halogens is 2. The van der Waals surface area contributed by atoms with Crippen molar-refractivity contribution in [3.63, 3.8) is 0 Å². The molecule has 0 saturated heterocycles. The van der Waals surface area contributed by atoms with E-state index in [1.807, 2.05) is 25.1 Å². The van der Waals surface area contributed by atoms with Crippen molar-refractivity contribution >= 4 is 45.1 Å². The largest absolute Gasteiger partial charge is 0.480 e. The van der Waals surface area contributed by atoms with Crippen molar-refractivity contribution in [2.24, 2.45) is 0 Å². The van der Waals surface area contributed by atoms with E-state index < -0.39 is 11.9 Å². The van der Waals surface area contributed by atoms with E-state index in [-0.39, 0.29) is 13.2 Å². The highest BCUT2D eigenvalue weighted by Gasteiger charge is 2.10. The van der Waals surface area contributed by atoms with Crippen LogP contribution in [0, 0.1) is 6.92 Å². The van der Waals surface area contributed by atoms with E-state index in [0.717, 1.165) is 10.0 Å². The Balaban J connectivity index is 1.75. The third-order valence-corrected chi connectivity index (χ3v) is 3.69. The number of aryl methyl sites for hydroxylation is 1. The second-order valence-electron chi connectivity index (χ2n) is 4.94. The van der Waals surface area contributed by atoms with E-state index in [1.165, 1.54) is 0 Å². The van der Waals surface area contributed by atoms with Crippen LogP contribution in [0.5, 0.6) is 5.75 Å². The van der Waals surface area contributed by atoms with Crippen LogP contribution in [0.3, 0.4) is 0 Å². The Hall–Kier alpha value is -2.05. The molecule has 0 saturated carbocycles. The molecule has 0 bridgehead atoms. The molecule has 0 aliphatic heterocycles. The third-order valence-electron chi connectivity index (χ3n) is 2.91. The molecule has 5 nitrogen and oxygen atoms in total. The fraction of sp³-hybridized carbons (Fsp3) is 0.176. The highest BCUT2D eigenvalue weighted by molar-refractivity contribution is 9.10. The van der Waals surface area contributed by atoms with Crippen molar-refractivity contribution in [2.75, 3.05) is 18.5 Å². The Morgan fingerprint density at radius 2 is 1.96 bits per heavy atom. The molecule has 0 heterocycles. The van der Waals surface area contributed by atoms with Gasteiger partial charge in [-0.2, -0.15) is 0 Å². The zero-order valence-corrected chi connectivity index (χ0v) is 15.2. The molecule has 1 N–H and O–H groups in total. The third kappa shape index (κ3) is 5.86. The standard InChI is InChI=1S/C17H15BrClNO4/c1-11-3-2-4-13(7-11)20-16(21)9-24-17(22)10-23-15-6-5-12(18)8-14(15)19/h2-8H,9-10H2,1H3,(H,20,21). The average molecular weight is 413 g/mol. The molecule has 0 aromatic heterocycles. The zero-order chi connectivity index (χ0) is 17.5. The summed E-state index contributed by atoms with van der Waals surface area (Å²) in [6.45, 7) is 1.20. The lowest BCUT2D eigenvalue weighted by atomic mass is 10.2. The molecule has 0 unspecified atom stereocenters. The molecule has 0 spiro atoms. The number of esters is 1. The molecule has 0 aliphatic carbocycles. The first kappa shape index (κ1) is 18.3. The van der Waals surface area contributed by atoms with E-state index in [0.29, 0.717) is 16.5 Å². The maximum atomic E-state index is 11.7. The highest BCUT2D eigenvalue weighted by Crippen LogP contribution is 2.27. The smallest absolute Gasteiger partial charge is 0.344 e. The maximum Gasteiger partial charge on any atom is 0.344 e. The Morgan fingerprint density at radius 3 is 2.67 bits per heavy atom. The zero-order valence-electron chi connectivity index (χ0n) is 12.8. The van der Waals surface area contributed by atoms with Gasteiger partial charge in [-0.15, -0.1) is 0 Å². The molecule has 2 aromatic rings. The van der Waals surface area contributed by atoms with E-state index in [9.17, 15) is 9.59 Å². The molecule has 0 radical (unpaired) electrons. The second kappa shape index (κ2) is 8.70. The van der Waals surface area contributed by atoms with Crippen LogP contribution in [0.4, 0.5) is 5.69 Å². The summed E-state index contributed by atoms with van der Waals surface area (Å²) in [6.07, 6.45) is 0. The number of hydrogen-bond donors (Lipinski definition) is 1. The monoisotopic (exact) mass is 411 g/mol. The van der Waals surface area contributed by atoms with Gasteiger partial charge >= 0.3 is 5.97 Å². The molecular weight excluding hydrogens is 398 g/mol. The first-order valence-corrected chi connectivity index (χ1v) is 8.21. The number of benzene rings is 2. The number of nitrogens with one attached hydrogen (secondary N) is 1. The SMILES string of the molecule is Cc1cccc(NC(=O)COC(=O)COc2ccc(Br)cc2Cl)c1. The fourth-order valence-corrected chi connectivity index (χ4v) is 2.56. The van der Waals surface area contributed by atoms with Gasteiger partial charge in [-0.05, 0) is 42.8 Å². The van der Waals surface area contributed by atoms with Crippen molar-refractivity contribution in [1.82, 2.24) is 0 Å². The number of anilines is 1. The number of carbonyl (C=O) groups is 2. The normalized spacial score (nSPS) is 10.1. The van der Waals surface area contributed by atoms with Crippen molar-refractivity contribution in [1.29, 1.82) is 0 Å². The van der Waals surface area contributed by atoms with Crippen LogP contribution >= 0.6 is 27.5 Å². The minimum atomic E-state index is -0.659. The van der Waals surface area contributed by atoms with Crippen LogP contribution in [-0.2, 0) is 14.3 Å².